The Bertz CT molecular complexity index is 1070. The maximum atomic E-state index is 12.8. The van der Waals surface area contributed by atoms with Crippen LogP contribution in [0.3, 0.4) is 0 Å². The fraction of sp³-hybridized carbons (Fsp3) is 0.190. The van der Waals surface area contributed by atoms with E-state index in [2.05, 4.69) is 15.3 Å². The zero-order valence-corrected chi connectivity index (χ0v) is 16.5. The second-order valence-electron chi connectivity index (χ2n) is 6.47. The van der Waals surface area contributed by atoms with Gasteiger partial charge in [-0.15, -0.1) is 0 Å². The molecule has 0 saturated heterocycles. The van der Waals surface area contributed by atoms with Crippen molar-refractivity contribution in [2.75, 3.05) is 0 Å². The number of carbonyl (C=O) groups excluding carboxylic acids is 1. The van der Waals surface area contributed by atoms with Crippen LogP contribution in [0.5, 0.6) is 0 Å². The Kier molecular flexibility index (Phi) is 6.94. The molecule has 1 heterocycles. The zero-order chi connectivity index (χ0) is 21.6. The number of rotatable bonds is 7. The minimum atomic E-state index is -4.42. The van der Waals surface area contributed by atoms with Crippen LogP contribution in [0.4, 0.5) is 13.2 Å². The van der Waals surface area contributed by atoms with Crippen molar-refractivity contribution in [3.63, 3.8) is 0 Å². The number of H-pyrrole nitrogens is 1. The lowest BCUT2D eigenvalue weighted by atomic mass is 10.1. The molecule has 30 heavy (non-hydrogen) atoms. The van der Waals surface area contributed by atoms with Gasteiger partial charge in [0.25, 0.3) is 5.56 Å². The molecule has 3 aromatic rings. The van der Waals surface area contributed by atoms with Gasteiger partial charge < -0.3 is 10.3 Å². The minimum absolute atomic E-state index is 0.0755. The van der Waals surface area contributed by atoms with Crippen molar-refractivity contribution in [2.45, 2.75) is 30.1 Å². The Morgan fingerprint density at radius 2 is 1.77 bits per heavy atom. The summed E-state index contributed by atoms with van der Waals surface area (Å²) in [7, 11) is 0. The average molecular weight is 433 g/mol. The van der Waals surface area contributed by atoms with Gasteiger partial charge in [-0.25, -0.2) is 4.98 Å². The Morgan fingerprint density at radius 3 is 2.50 bits per heavy atom. The number of hydrogen-bond donors (Lipinski definition) is 2. The van der Waals surface area contributed by atoms with Gasteiger partial charge in [0.2, 0.25) is 5.91 Å². The van der Waals surface area contributed by atoms with Crippen molar-refractivity contribution in [3.8, 4) is 0 Å². The summed E-state index contributed by atoms with van der Waals surface area (Å²) in [5, 5.41) is 3.00. The molecule has 1 amide bonds. The fourth-order valence-corrected chi connectivity index (χ4v) is 3.49. The third kappa shape index (κ3) is 6.48. The maximum Gasteiger partial charge on any atom is 0.416 e. The highest BCUT2D eigenvalue weighted by Gasteiger charge is 2.30. The molecule has 0 radical (unpaired) electrons. The summed E-state index contributed by atoms with van der Waals surface area (Å²) in [6.45, 7) is 0.361. The molecule has 2 aromatic carbocycles. The highest BCUT2D eigenvalue weighted by molar-refractivity contribution is 7.98. The summed E-state index contributed by atoms with van der Waals surface area (Å²) in [6, 6.07) is 15.6. The molecule has 1 aromatic heterocycles. The van der Waals surface area contributed by atoms with E-state index in [1.54, 1.807) is 6.07 Å². The molecule has 0 spiro atoms. The number of thioether (sulfide) groups is 1. The summed E-state index contributed by atoms with van der Waals surface area (Å²) in [6.07, 6.45) is -4.49. The lowest BCUT2D eigenvalue weighted by molar-refractivity contribution is -0.137. The molecule has 0 bridgehead atoms. The Labute approximate surface area is 174 Å². The number of nitrogens with zero attached hydrogens (tertiary/aromatic N) is 1. The van der Waals surface area contributed by atoms with Crippen molar-refractivity contribution in [3.05, 3.63) is 93.4 Å². The van der Waals surface area contributed by atoms with Crippen LogP contribution in [0.25, 0.3) is 0 Å². The van der Waals surface area contributed by atoms with E-state index in [1.165, 1.54) is 12.1 Å². The quantitative estimate of drug-likeness (QED) is 0.437. The van der Waals surface area contributed by atoms with Gasteiger partial charge >= 0.3 is 6.18 Å². The number of nitrogens with one attached hydrogen (secondary N) is 2. The second-order valence-corrected chi connectivity index (χ2v) is 7.43. The molecule has 2 N–H and O–H groups in total. The van der Waals surface area contributed by atoms with E-state index < -0.39 is 17.3 Å². The van der Waals surface area contributed by atoms with Gasteiger partial charge in [-0.1, -0.05) is 60.3 Å². The van der Waals surface area contributed by atoms with Crippen LogP contribution in [-0.4, -0.2) is 15.9 Å². The van der Waals surface area contributed by atoms with Crippen molar-refractivity contribution >= 4 is 17.7 Å². The van der Waals surface area contributed by atoms with Gasteiger partial charge in [-0.05, 0) is 17.2 Å². The van der Waals surface area contributed by atoms with Gasteiger partial charge in [0.05, 0.1) is 17.7 Å². The lowest BCUT2D eigenvalue weighted by Crippen LogP contribution is -2.25. The summed E-state index contributed by atoms with van der Waals surface area (Å²) in [5.41, 5.74) is 0.523. The number of hydrogen-bond acceptors (Lipinski definition) is 4. The molecular weight excluding hydrogens is 415 g/mol. The number of aromatic amines is 1. The summed E-state index contributed by atoms with van der Waals surface area (Å²) < 4.78 is 38.5. The zero-order valence-electron chi connectivity index (χ0n) is 15.7. The minimum Gasteiger partial charge on any atom is -0.352 e. The highest BCUT2D eigenvalue weighted by atomic mass is 32.2. The molecular formula is C21H18F3N3O2S. The van der Waals surface area contributed by atoms with Gasteiger partial charge in [-0.2, -0.15) is 13.2 Å². The van der Waals surface area contributed by atoms with E-state index in [9.17, 15) is 22.8 Å². The van der Waals surface area contributed by atoms with Crippen molar-refractivity contribution in [1.82, 2.24) is 15.3 Å². The van der Waals surface area contributed by atoms with Crippen molar-refractivity contribution < 1.29 is 18.0 Å². The van der Waals surface area contributed by atoms with Crippen LogP contribution in [0.2, 0.25) is 0 Å². The summed E-state index contributed by atoms with van der Waals surface area (Å²) >= 11 is 1.09. The standard InChI is InChI=1S/C21H18F3N3O2S/c22-21(23,24)16-8-4-7-15(9-16)13-30-20-26-17(11-19(29)27-20)10-18(28)25-12-14-5-2-1-3-6-14/h1-9,11H,10,12-13H2,(H,25,28)(H,26,27,29). The first-order valence-electron chi connectivity index (χ1n) is 8.99. The first-order valence-corrected chi connectivity index (χ1v) is 9.98. The average Bonchev–Trinajstić information content (AvgIpc) is 2.71. The molecule has 0 aliphatic heterocycles. The molecule has 9 heteroatoms. The topological polar surface area (TPSA) is 74.8 Å². The van der Waals surface area contributed by atoms with Crippen LogP contribution in [0.15, 0.2) is 70.6 Å². The molecule has 5 nitrogen and oxygen atoms in total. The molecule has 156 valence electrons. The fourth-order valence-electron chi connectivity index (χ4n) is 2.66. The number of benzene rings is 2. The molecule has 0 unspecified atom stereocenters. The van der Waals surface area contributed by atoms with Gasteiger partial charge in [-0.3, -0.25) is 9.59 Å². The van der Waals surface area contributed by atoms with E-state index in [0.29, 0.717) is 12.1 Å². The number of halogens is 3. The Morgan fingerprint density at radius 1 is 1.03 bits per heavy atom. The largest absolute Gasteiger partial charge is 0.416 e. The maximum absolute atomic E-state index is 12.8. The normalized spacial score (nSPS) is 11.3. The van der Waals surface area contributed by atoms with Crippen LogP contribution >= 0.6 is 11.8 Å². The smallest absolute Gasteiger partial charge is 0.352 e. The first kappa shape index (κ1) is 21.6. The lowest BCUT2D eigenvalue weighted by Gasteiger charge is -2.09. The van der Waals surface area contributed by atoms with Crippen LogP contribution in [0.1, 0.15) is 22.4 Å². The van der Waals surface area contributed by atoms with E-state index in [-0.39, 0.29) is 28.9 Å². The SMILES string of the molecule is O=C(Cc1cc(=O)[nH]c(SCc2cccc(C(F)(F)F)c2)n1)NCc1ccccc1. The molecule has 0 aliphatic rings. The highest BCUT2D eigenvalue weighted by Crippen LogP contribution is 2.30. The molecule has 0 fully saturated rings. The van der Waals surface area contributed by atoms with Crippen LogP contribution in [0, 0.1) is 0 Å². The van der Waals surface area contributed by atoms with Crippen molar-refractivity contribution in [1.29, 1.82) is 0 Å². The third-order valence-corrected chi connectivity index (χ3v) is 5.02. The van der Waals surface area contributed by atoms with Crippen molar-refractivity contribution in [2.24, 2.45) is 0 Å². The van der Waals surface area contributed by atoms with Crippen LogP contribution in [-0.2, 0) is 29.7 Å². The first-order chi connectivity index (χ1) is 14.3. The van der Waals surface area contributed by atoms with E-state index in [1.807, 2.05) is 30.3 Å². The second kappa shape index (κ2) is 9.62. The Balaban J connectivity index is 1.61. The summed E-state index contributed by atoms with van der Waals surface area (Å²) in [5.74, 6) is -0.0953. The third-order valence-electron chi connectivity index (χ3n) is 4.08. The number of amides is 1. The molecule has 0 aliphatic carbocycles. The molecule has 0 saturated carbocycles. The molecule has 3 rings (SSSR count). The van der Waals surface area contributed by atoms with Gasteiger partial charge in [0.15, 0.2) is 5.16 Å². The number of aromatic nitrogens is 2. The predicted molar refractivity (Wildman–Crippen MR) is 108 cm³/mol. The molecule has 0 atom stereocenters. The monoisotopic (exact) mass is 433 g/mol. The summed E-state index contributed by atoms with van der Waals surface area (Å²) in [4.78, 5) is 30.8. The van der Waals surface area contributed by atoms with E-state index in [0.717, 1.165) is 29.5 Å². The van der Waals surface area contributed by atoms with Gasteiger partial charge in [0, 0.05) is 18.4 Å². The van der Waals surface area contributed by atoms with Gasteiger partial charge in [0.1, 0.15) is 0 Å². The number of carbonyl (C=O) groups is 1. The number of alkyl halides is 3. The van der Waals surface area contributed by atoms with Crippen LogP contribution < -0.4 is 10.9 Å². The van der Waals surface area contributed by atoms with E-state index in [4.69, 9.17) is 0 Å². The Hall–Kier alpha value is -3.07. The predicted octanol–water partition coefficient (Wildman–Crippen LogP) is 3.94. The van der Waals surface area contributed by atoms with E-state index >= 15 is 0 Å².